The molecule has 4 rings (SSSR count). The molecule has 0 radical (unpaired) electrons. The van der Waals surface area contributed by atoms with Crippen LogP contribution in [-0.2, 0) is 6.54 Å². The first-order valence-corrected chi connectivity index (χ1v) is 10.6. The van der Waals surface area contributed by atoms with Crippen molar-refractivity contribution in [1.29, 1.82) is 0 Å². The molecule has 152 valence electrons. The van der Waals surface area contributed by atoms with Crippen molar-refractivity contribution >= 4 is 27.6 Å². The highest BCUT2D eigenvalue weighted by atomic mass is 32.1. The lowest BCUT2D eigenvalue weighted by molar-refractivity contribution is 0.171. The molecule has 29 heavy (non-hydrogen) atoms. The zero-order chi connectivity index (χ0) is 20.4. The van der Waals surface area contributed by atoms with E-state index in [4.69, 9.17) is 9.47 Å². The lowest BCUT2D eigenvalue weighted by Gasteiger charge is -2.27. The molecular weight excluding hydrogens is 386 g/mol. The molecule has 1 aromatic heterocycles. The van der Waals surface area contributed by atoms with Gasteiger partial charge in [0.2, 0.25) is 0 Å². The molecular formula is C22H25N3O3S. The second kappa shape index (κ2) is 8.29. The summed E-state index contributed by atoms with van der Waals surface area (Å²) in [6.07, 6.45) is 0. The molecule has 7 heteroatoms. The SMILES string of the molecule is CC(C)[C@@H](NC(=O)N(C)Cc1nc2ccccc2s1)c1ccc2c(c1)OCCO2. The van der Waals surface area contributed by atoms with Gasteiger partial charge in [-0.3, -0.25) is 0 Å². The van der Waals surface area contributed by atoms with Gasteiger partial charge in [0.05, 0.1) is 22.8 Å². The lowest BCUT2D eigenvalue weighted by atomic mass is 9.95. The Morgan fingerprint density at radius 3 is 2.69 bits per heavy atom. The second-order valence-electron chi connectivity index (χ2n) is 7.51. The summed E-state index contributed by atoms with van der Waals surface area (Å²) in [6, 6.07) is 13.6. The van der Waals surface area contributed by atoms with Crippen molar-refractivity contribution in [3.8, 4) is 11.5 Å². The maximum atomic E-state index is 12.9. The number of thiazole rings is 1. The molecule has 0 saturated carbocycles. The third-order valence-electron chi connectivity index (χ3n) is 4.93. The van der Waals surface area contributed by atoms with Crippen molar-refractivity contribution in [2.75, 3.05) is 20.3 Å². The van der Waals surface area contributed by atoms with Crippen LogP contribution < -0.4 is 14.8 Å². The average molecular weight is 412 g/mol. The number of nitrogens with zero attached hydrogens (tertiary/aromatic N) is 2. The number of ether oxygens (including phenoxy) is 2. The third-order valence-corrected chi connectivity index (χ3v) is 5.95. The van der Waals surface area contributed by atoms with Gasteiger partial charge in [0.15, 0.2) is 11.5 Å². The van der Waals surface area contributed by atoms with E-state index in [2.05, 4.69) is 24.1 Å². The number of urea groups is 1. The van der Waals surface area contributed by atoms with Crippen LogP contribution in [0.15, 0.2) is 42.5 Å². The minimum Gasteiger partial charge on any atom is -0.486 e. The van der Waals surface area contributed by atoms with E-state index in [1.54, 1.807) is 23.3 Å². The van der Waals surface area contributed by atoms with Gasteiger partial charge in [-0.05, 0) is 35.7 Å². The van der Waals surface area contributed by atoms with Crippen LogP contribution in [0.2, 0.25) is 0 Å². The van der Waals surface area contributed by atoms with Gasteiger partial charge >= 0.3 is 6.03 Å². The molecule has 2 heterocycles. The van der Waals surface area contributed by atoms with Crippen LogP contribution in [-0.4, -0.2) is 36.2 Å². The van der Waals surface area contributed by atoms with Gasteiger partial charge in [0.1, 0.15) is 18.2 Å². The van der Waals surface area contributed by atoms with Crippen LogP contribution in [0.5, 0.6) is 11.5 Å². The molecule has 3 aromatic rings. The molecule has 0 bridgehead atoms. The van der Waals surface area contributed by atoms with E-state index in [0.717, 1.165) is 32.3 Å². The number of carbonyl (C=O) groups is 1. The van der Waals surface area contributed by atoms with Gasteiger partial charge in [-0.2, -0.15) is 0 Å². The first-order valence-electron chi connectivity index (χ1n) is 9.77. The fraction of sp³-hybridized carbons (Fsp3) is 0.364. The normalized spacial score (nSPS) is 14.1. The average Bonchev–Trinajstić information content (AvgIpc) is 3.13. The van der Waals surface area contributed by atoms with Gasteiger partial charge < -0.3 is 19.7 Å². The van der Waals surface area contributed by atoms with Crippen LogP contribution in [0.3, 0.4) is 0 Å². The number of para-hydroxylation sites is 1. The zero-order valence-electron chi connectivity index (χ0n) is 16.8. The third kappa shape index (κ3) is 4.29. The first-order chi connectivity index (χ1) is 14.0. The number of fused-ring (bicyclic) bond motifs is 2. The van der Waals surface area contributed by atoms with Crippen molar-refractivity contribution in [3.63, 3.8) is 0 Å². The van der Waals surface area contributed by atoms with Crippen LogP contribution in [0.25, 0.3) is 10.2 Å². The quantitative estimate of drug-likeness (QED) is 0.666. The Labute approximate surface area is 174 Å². The van der Waals surface area contributed by atoms with Crippen molar-refractivity contribution in [2.45, 2.75) is 26.4 Å². The number of amides is 2. The molecule has 1 N–H and O–H groups in total. The van der Waals surface area contributed by atoms with Crippen LogP contribution in [0.4, 0.5) is 4.79 Å². The fourth-order valence-electron chi connectivity index (χ4n) is 3.39. The summed E-state index contributed by atoms with van der Waals surface area (Å²) in [4.78, 5) is 19.2. The Morgan fingerprint density at radius 1 is 1.17 bits per heavy atom. The summed E-state index contributed by atoms with van der Waals surface area (Å²) < 4.78 is 12.4. The Bertz CT molecular complexity index is 984. The van der Waals surface area contributed by atoms with Crippen molar-refractivity contribution in [3.05, 3.63) is 53.0 Å². The lowest BCUT2D eigenvalue weighted by Crippen LogP contribution is -2.40. The Morgan fingerprint density at radius 2 is 1.93 bits per heavy atom. The smallest absolute Gasteiger partial charge is 0.318 e. The van der Waals surface area contributed by atoms with Crippen molar-refractivity contribution < 1.29 is 14.3 Å². The molecule has 6 nitrogen and oxygen atoms in total. The summed E-state index contributed by atoms with van der Waals surface area (Å²) in [5.74, 6) is 1.70. The largest absolute Gasteiger partial charge is 0.486 e. The zero-order valence-corrected chi connectivity index (χ0v) is 17.7. The standard InChI is InChI=1S/C22H25N3O3S/c1-14(2)21(15-8-9-17-18(12-15)28-11-10-27-17)24-22(26)25(3)13-20-23-16-6-4-5-7-19(16)29-20/h4-9,12,14,21H,10-11,13H2,1-3H3,(H,24,26)/t21-/m1/s1. The van der Waals surface area contributed by atoms with E-state index in [-0.39, 0.29) is 18.0 Å². The van der Waals surface area contributed by atoms with Gasteiger partial charge in [0, 0.05) is 7.05 Å². The van der Waals surface area contributed by atoms with E-state index < -0.39 is 0 Å². The predicted molar refractivity (Wildman–Crippen MR) is 115 cm³/mol. The van der Waals surface area contributed by atoms with E-state index in [1.165, 1.54) is 0 Å². The Balaban J connectivity index is 1.46. The molecule has 0 spiro atoms. The molecule has 1 aliphatic rings. The molecule has 0 fully saturated rings. The van der Waals surface area contributed by atoms with Crippen molar-refractivity contribution in [1.82, 2.24) is 15.2 Å². The minimum atomic E-state index is -0.129. The highest BCUT2D eigenvalue weighted by molar-refractivity contribution is 7.18. The monoisotopic (exact) mass is 411 g/mol. The van der Waals surface area contributed by atoms with Gasteiger partial charge in [-0.1, -0.05) is 32.0 Å². The summed E-state index contributed by atoms with van der Waals surface area (Å²) in [7, 11) is 1.79. The van der Waals surface area contributed by atoms with Gasteiger partial charge in [0.25, 0.3) is 0 Å². The van der Waals surface area contributed by atoms with E-state index in [9.17, 15) is 4.79 Å². The van der Waals surface area contributed by atoms with Gasteiger partial charge in [-0.15, -0.1) is 11.3 Å². The van der Waals surface area contributed by atoms with E-state index in [1.807, 2.05) is 42.5 Å². The molecule has 0 aliphatic carbocycles. The number of carbonyl (C=O) groups excluding carboxylic acids is 1. The van der Waals surface area contributed by atoms with E-state index in [0.29, 0.717) is 19.8 Å². The highest BCUT2D eigenvalue weighted by Gasteiger charge is 2.23. The van der Waals surface area contributed by atoms with Crippen LogP contribution in [0, 0.1) is 5.92 Å². The summed E-state index contributed by atoms with van der Waals surface area (Å²) in [5.41, 5.74) is 1.98. The fourth-order valence-corrected chi connectivity index (χ4v) is 4.41. The Hall–Kier alpha value is -2.80. The minimum absolute atomic E-state index is 0.127. The highest BCUT2D eigenvalue weighted by Crippen LogP contribution is 2.34. The second-order valence-corrected chi connectivity index (χ2v) is 8.62. The first kappa shape index (κ1) is 19.5. The summed E-state index contributed by atoms with van der Waals surface area (Å²) in [6.45, 7) is 5.76. The molecule has 2 amide bonds. The van der Waals surface area contributed by atoms with Gasteiger partial charge in [-0.25, -0.2) is 9.78 Å². The van der Waals surface area contributed by atoms with Crippen LogP contribution in [0.1, 0.15) is 30.5 Å². The topological polar surface area (TPSA) is 63.7 Å². The number of nitrogens with one attached hydrogen (secondary N) is 1. The number of benzene rings is 2. The van der Waals surface area contributed by atoms with Crippen LogP contribution >= 0.6 is 11.3 Å². The molecule has 1 atom stereocenters. The predicted octanol–water partition coefficient (Wildman–Crippen LogP) is 4.61. The molecule has 2 aromatic carbocycles. The summed E-state index contributed by atoms with van der Waals surface area (Å²) >= 11 is 1.62. The number of rotatable bonds is 5. The maximum Gasteiger partial charge on any atom is 0.318 e. The van der Waals surface area contributed by atoms with Crippen molar-refractivity contribution in [2.24, 2.45) is 5.92 Å². The molecule has 0 unspecified atom stereocenters. The molecule has 1 aliphatic heterocycles. The Kier molecular flexibility index (Phi) is 5.58. The number of hydrogen-bond acceptors (Lipinski definition) is 5. The summed E-state index contributed by atoms with van der Waals surface area (Å²) in [5, 5.41) is 4.08. The molecule has 0 saturated heterocycles. The number of hydrogen-bond donors (Lipinski definition) is 1. The van der Waals surface area contributed by atoms with E-state index >= 15 is 0 Å². The number of aromatic nitrogens is 1. The maximum absolute atomic E-state index is 12.9.